The molecule has 0 aromatic heterocycles. The van der Waals surface area contributed by atoms with Gasteiger partial charge in [0.1, 0.15) is 5.75 Å². The van der Waals surface area contributed by atoms with E-state index in [9.17, 15) is 4.79 Å². The number of ether oxygens (including phenoxy) is 2. The molecule has 5 nitrogen and oxygen atoms in total. The molecule has 0 aliphatic carbocycles. The minimum Gasteiger partial charge on any atom is -0.490 e. The number of hydrogen-bond donors (Lipinski definition) is 2. The van der Waals surface area contributed by atoms with E-state index in [1.165, 1.54) is 0 Å². The fourth-order valence-corrected chi connectivity index (χ4v) is 3.20. The standard InChI is InChI=1S/C20H32N2O3.ClH/c1-5-16(3)25-18-12-15(2)6-7-17(18)13-22-19(23)20(14-24-4)8-10-21-11-9-20;/h6-7,12,16,21H,5,8-11,13-14H2,1-4H3,(H,22,23);1H. The number of benzene rings is 1. The van der Waals surface area contributed by atoms with Gasteiger partial charge in [0.25, 0.3) is 0 Å². The minimum absolute atomic E-state index is 0. The van der Waals surface area contributed by atoms with E-state index in [1.807, 2.05) is 12.1 Å². The van der Waals surface area contributed by atoms with Crippen LogP contribution in [0.2, 0.25) is 0 Å². The molecule has 1 atom stereocenters. The summed E-state index contributed by atoms with van der Waals surface area (Å²) in [5, 5.41) is 6.43. The molecule has 1 fully saturated rings. The summed E-state index contributed by atoms with van der Waals surface area (Å²) >= 11 is 0. The lowest BCUT2D eigenvalue weighted by Gasteiger charge is -2.35. The fraction of sp³-hybridized carbons (Fsp3) is 0.650. The van der Waals surface area contributed by atoms with E-state index in [4.69, 9.17) is 9.47 Å². The van der Waals surface area contributed by atoms with Crippen LogP contribution in [0.4, 0.5) is 0 Å². The lowest BCUT2D eigenvalue weighted by molar-refractivity contribution is -0.136. The summed E-state index contributed by atoms with van der Waals surface area (Å²) in [6.07, 6.45) is 2.71. The average Bonchev–Trinajstić information content (AvgIpc) is 2.61. The maximum Gasteiger partial charge on any atom is 0.228 e. The van der Waals surface area contributed by atoms with Crippen LogP contribution in [0.25, 0.3) is 0 Å². The van der Waals surface area contributed by atoms with E-state index in [0.29, 0.717) is 13.2 Å². The van der Waals surface area contributed by atoms with Gasteiger partial charge in [0.05, 0.1) is 18.1 Å². The zero-order valence-electron chi connectivity index (χ0n) is 16.4. The molecule has 2 N–H and O–H groups in total. The molecule has 1 aliphatic heterocycles. The maximum absolute atomic E-state index is 12.9. The number of methoxy groups -OCH3 is 1. The molecule has 26 heavy (non-hydrogen) atoms. The summed E-state index contributed by atoms with van der Waals surface area (Å²) in [7, 11) is 1.66. The zero-order chi connectivity index (χ0) is 18.3. The van der Waals surface area contributed by atoms with E-state index in [-0.39, 0.29) is 24.4 Å². The molecular formula is C20H33ClN2O3. The summed E-state index contributed by atoms with van der Waals surface area (Å²) in [6.45, 7) is 8.86. The Morgan fingerprint density at radius 1 is 1.35 bits per heavy atom. The second kappa shape index (κ2) is 10.8. The van der Waals surface area contributed by atoms with Crippen molar-refractivity contribution in [2.45, 2.75) is 52.7 Å². The Labute approximate surface area is 163 Å². The van der Waals surface area contributed by atoms with Crippen molar-refractivity contribution in [3.63, 3.8) is 0 Å². The highest BCUT2D eigenvalue weighted by molar-refractivity contribution is 5.85. The maximum atomic E-state index is 12.9. The number of piperidine rings is 1. The Hall–Kier alpha value is -1.30. The molecule has 0 radical (unpaired) electrons. The van der Waals surface area contributed by atoms with Gasteiger partial charge in [-0.1, -0.05) is 19.1 Å². The molecule has 148 valence electrons. The van der Waals surface area contributed by atoms with Crippen molar-refractivity contribution in [3.8, 4) is 5.75 Å². The molecule has 2 rings (SSSR count). The third-order valence-electron chi connectivity index (χ3n) is 5.03. The molecule has 1 unspecified atom stereocenters. The zero-order valence-corrected chi connectivity index (χ0v) is 17.2. The van der Waals surface area contributed by atoms with E-state index in [0.717, 1.165) is 49.2 Å². The van der Waals surface area contributed by atoms with Gasteiger partial charge < -0.3 is 20.1 Å². The quantitative estimate of drug-likeness (QED) is 0.722. The van der Waals surface area contributed by atoms with Gasteiger partial charge in [0.15, 0.2) is 0 Å². The molecule has 1 aliphatic rings. The first-order valence-corrected chi connectivity index (χ1v) is 9.25. The first-order chi connectivity index (χ1) is 12.0. The second-order valence-electron chi connectivity index (χ2n) is 7.09. The molecule has 1 aromatic rings. The van der Waals surface area contributed by atoms with Crippen molar-refractivity contribution >= 4 is 18.3 Å². The van der Waals surface area contributed by atoms with Crippen LogP contribution in [-0.2, 0) is 16.1 Å². The van der Waals surface area contributed by atoms with E-state index in [1.54, 1.807) is 7.11 Å². The highest BCUT2D eigenvalue weighted by atomic mass is 35.5. The smallest absolute Gasteiger partial charge is 0.228 e. The van der Waals surface area contributed by atoms with Gasteiger partial charge in [-0.2, -0.15) is 0 Å². The van der Waals surface area contributed by atoms with Gasteiger partial charge in [0, 0.05) is 19.2 Å². The minimum atomic E-state index is -0.428. The molecule has 0 spiro atoms. The van der Waals surface area contributed by atoms with Crippen molar-refractivity contribution in [2.24, 2.45) is 5.41 Å². The van der Waals surface area contributed by atoms with E-state index < -0.39 is 5.41 Å². The van der Waals surface area contributed by atoms with Gasteiger partial charge in [0.2, 0.25) is 5.91 Å². The molecule has 0 bridgehead atoms. The normalized spacial score (nSPS) is 17.1. The summed E-state index contributed by atoms with van der Waals surface area (Å²) in [5.74, 6) is 0.937. The molecule has 1 aromatic carbocycles. The fourth-order valence-electron chi connectivity index (χ4n) is 3.20. The Morgan fingerprint density at radius 3 is 2.65 bits per heavy atom. The highest BCUT2D eigenvalue weighted by Crippen LogP contribution is 2.30. The molecule has 1 heterocycles. The Kier molecular flexibility index (Phi) is 9.41. The number of carbonyl (C=O) groups excluding carboxylic acids is 1. The molecule has 1 saturated heterocycles. The van der Waals surface area contributed by atoms with Crippen molar-refractivity contribution in [1.29, 1.82) is 0 Å². The van der Waals surface area contributed by atoms with Gasteiger partial charge in [-0.05, 0) is 57.8 Å². The van der Waals surface area contributed by atoms with Crippen molar-refractivity contribution < 1.29 is 14.3 Å². The topological polar surface area (TPSA) is 59.6 Å². The number of hydrogen-bond acceptors (Lipinski definition) is 4. The van der Waals surface area contributed by atoms with E-state index >= 15 is 0 Å². The van der Waals surface area contributed by atoms with Crippen LogP contribution in [0.5, 0.6) is 5.75 Å². The SMILES string of the molecule is CCC(C)Oc1cc(C)ccc1CNC(=O)C1(COC)CCNCC1.Cl. The van der Waals surface area contributed by atoms with Crippen LogP contribution in [0, 0.1) is 12.3 Å². The monoisotopic (exact) mass is 384 g/mol. The van der Waals surface area contributed by atoms with Gasteiger partial charge in [-0.25, -0.2) is 0 Å². The summed E-state index contributed by atoms with van der Waals surface area (Å²) < 4.78 is 11.4. The molecule has 6 heteroatoms. The second-order valence-corrected chi connectivity index (χ2v) is 7.09. The number of halogens is 1. The van der Waals surface area contributed by atoms with Crippen LogP contribution >= 0.6 is 12.4 Å². The molecule has 0 saturated carbocycles. The average molecular weight is 385 g/mol. The van der Waals surface area contributed by atoms with Crippen molar-refractivity contribution in [1.82, 2.24) is 10.6 Å². The Morgan fingerprint density at radius 2 is 2.04 bits per heavy atom. The van der Waals surface area contributed by atoms with Crippen LogP contribution in [-0.4, -0.2) is 38.8 Å². The Bertz CT molecular complexity index is 569. The number of nitrogens with one attached hydrogen (secondary N) is 2. The number of aryl methyl sites for hydroxylation is 1. The van der Waals surface area contributed by atoms with Crippen LogP contribution in [0.3, 0.4) is 0 Å². The molecule has 1 amide bonds. The highest BCUT2D eigenvalue weighted by Gasteiger charge is 2.39. The predicted molar refractivity (Wildman–Crippen MR) is 107 cm³/mol. The predicted octanol–water partition coefficient (Wildman–Crippen LogP) is 3.23. The third kappa shape index (κ3) is 5.86. The van der Waals surface area contributed by atoms with Crippen LogP contribution in [0.1, 0.15) is 44.2 Å². The van der Waals surface area contributed by atoms with Crippen LogP contribution < -0.4 is 15.4 Å². The lowest BCUT2D eigenvalue weighted by Crippen LogP contribution is -2.50. The Balaban J connectivity index is 0.00000338. The lowest BCUT2D eigenvalue weighted by atomic mass is 9.78. The van der Waals surface area contributed by atoms with Gasteiger partial charge >= 0.3 is 0 Å². The largest absolute Gasteiger partial charge is 0.490 e. The number of rotatable bonds is 8. The number of amides is 1. The van der Waals surface area contributed by atoms with Gasteiger partial charge in [-0.15, -0.1) is 12.4 Å². The number of carbonyl (C=O) groups is 1. The summed E-state index contributed by atoms with van der Waals surface area (Å²) in [6, 6.07) is 6.14. The van der Waals surface area contributed by atoms with Crippen LogP contribution in [0.15, 0.2) is 18.2 Å². The summed E-state index contributed by atoms with van der Waals surface area (Å²) in [5.41, 5.74) is 1.74. The molecular weight excluding hydrogens is 352 g/mol. The summed E-state index contributed by atoms with van der Waals surface area (Å²) in [4.78, 5) is 12.9. The van der Waals surface area contributed by atoms with Crippen molar-refractivity contribution in [3.05, 3.63) is 29.3 Å². The van der Waals surface area contributed by atoms with E-state index in [2.05, 4.69) is 37.5 Å². The van der Waals surface area contributed by atoms with Gasteiger partial charge in [-0.3, -0.25) is 4.79 Å². The first kappa shape index (κ1) is 22.7. The first-order valence-electron chi connectivity index (χ1n) is 9.25. The van der Waals surface area contributed by atoms with Crippen molar-refractivity contribution in [2.75, 3.05) is 26.8 Å². The third-order valence-corrected chi connectivity index (χ3v) is 5.03.